The van der Waals surface area contributed by atoms with Crippen molar-refractivity contribution >= 4 is 31.9 Å². The van der Waals surface area contributed by atoms with E-state index in [0.29, 0.717) is 5.33 Å². The molecular weight excluding hydrogens is 344 g/mol. The summed E-state index contributed by atoms with van der Waals surface area (Å²) in [6.07, 6.45) is -0.436. The summed E-state index contributed by atoms with van der Waals surface area (Å²) < 4.78 is 1.08. The van der Waals surface area contributed by atoms with Crippen molar-refractivity contribution in [1.29, 1.82) is 0 Å². The van der Waals surface area contributed by atoms with Gasteiger partial charge in [-0.1, -0.05) is 68.3 Å². The number of alkyl halides is 1. The van der Waals surface area contributed by atoms with Gasteiger partial charge in [-0.05, 0) is 28.8 Å². The molecule has 0 saturated carbocycles. The molecule has 0 aromatic heterocycles. The van der Waals surface area contributed by atoms with Gasteiger partial charge in [-0.25, -0.2) is 0 Å². The van der Waals surface area contributed by atoms with Gasteiger partial charge in [0.2, 0.25) is 0 Å². The van der Waals surface area contributed by atoms with Crippen LogP contribution >= 0.6 is 31.9 Å². The smallest absolute Gasteiger partial charge is 0.0886 e. The maximum Gasteiger partial charge on any atom is 0.0886 e. The molecule has 0 aliphatic carbocycles. The van der Waals surface area contributed by atoms with Gasteiger partial charge in [0.15, 0.2) is 0 Å². The van der Waals surface area contributed by atoms with Crippen LogP contribution in [0.2, 0.25) is 0 Å². The number of halogens is 2. The van der Waals surface area contributed by atoms with E-state index in [9.17, 15) is 5.11 Å². The lowest BCUT2D eigenvalue weighted by Crippen LogP contribution is -1.97. The molecule has 2 rings (SSSR count). The SMILES string of the molecule is O[C@H](CBr)c1ccc(-c2ccc(Br)cc2)cc1. The van der Waals surface area contributed by atoms with Gasteiger partial charge in [0.1, 0.15) is 0 Å². The fourth-order valence-electron chi connectivity index (χ4n) is 1.63. The molecule has 0 saturated heterocycles. The van der Waals surface area contributed by atoms with E-state index in [1.807, 2.05) is 36.4 Å². The van der Waals surface area contributed by atoms with Crippen molar-refractivity contribution < 1.29 is 5.11 Å². The molecule has 0 radical (unpaired) electrons. The first-order valence-corrected chi connectivity index (χ1v) is 7.22. The number of aliphatic hydroxyl groups excluding tert-OH is 1. The van der Waals surface area contributed by atoms with Crippen LogP contribution in [0.3, 0.4) is 0 Å². The number of rotatable bonds is 3. The zero-order valence-electron chi connectivity index (χ0n) is 9.11. The van der Waals surface area contributed by atoms with E-state index < -0.39 is 6.10 Å². The first-order chi connectivity index (χ1) is 8.20. The van der Waals surface area contributed by atoms with Gasteiger partial charge in [-0.3, -0.25) is 0 Å². The summed E-state index contributed by atoms with van der Waals surface area (Å²) in [5.41, 5.74) is 3.26. The number of benzene rings is 2. The quantitative estimate of drug-likeness (QED) is 0.801. The third-order valence-corrected chi connectivity index (χ3v) is 3.76. The molecule has 17 heavy (non-hydrogen) atoms. The summed E-state index contributed by atoms with van der Waals surface area (Å²) in [5, 5.41) is 10.2. The Morgan fingerprint density at radius 2 is 1.35 bits per heavy atom. The molecule has 2 aromatic rings. The molecule has 0 heterocycles. The van der Waals surface area contributed by atoms with E-state index in [-0.39, 0.29) is 0 Å². The third-order valence-electron chi connectivity index (χ3n) is 2.62. The van der Waals surface area contributed by atoms with Gasteiger partial charge in [-0.2, -0.15) is 0 Å². The molecule has 0 fully saturated rings. The molecule has 0 amide bonds. The maximum atomic E-state index is 9.67. The highest BCUT2D eigenvalue weighted by Gasteiger charge is 2.05. The fraction of sp³-hybridized carbons (Fsp3) is 0.143. The summed E-state index contributed by atoms with van der Waals surface area (Å²) in [5.74, 6) is 0. The highest BCUT2D eigenvalue weighted by atomic mass is 79.9. The van der Waals surface area contributed by atoms with Gasteiger partial charge in [0.05, 0.1) is 6.10 Å². The van der Waals surface area contributed by atoms with Gasteiger partial charge in [0.25, 0.3) is 0 Å². The van der Waals surface area contributed by atoms with Gasteiger partial charge >= 0.3 is 0 Å². The Hall–Kier alpha value is -0.640. The Kier molecular flexibility index (Phi) is 4.37. The van der Waals surface area contributed by atoms with Crippen molar-refractivity contribution in [3.05, 3.63) is 58.6 Å². The van der Waals surface area contributed by atoms with Crippen molar-refractivity contribution in [1.82, 2.24) is 0 Å². The molecule has 88 valence electrons. The van der Waals surface area contributed by atoms with Crippen LogP contribution < -0.4 is 0 Å². The van der Waals surface area contributed by atoms with Gasteiger partial charge < -0.3 is 5.11 Å². The summed E-state index contributed by atoms with van der Waals surface area (Å²) in [4.78, 5) is 0. The van der Waals surface area contributed by atoms with Crippen molar-refractivity contribution in [2.75, 3.05) is 5.33 Å². The van der Waals surface area contributed by atoms with Crippen LogP contribution in [0, 0.1) is 0 Å². The second kappa shape index (κ2) is 5.80. The molecule has 0 bridgehead atoms. The average Bonchev–Trinajstić information content (AvgIpc) is 2.39. The first-order valence-electron chi connectivity index (χ1n) is 5.30. The van der Waals surface area contributed by atoms with Gasteiger partial charge in [0, 0.05) is 9.80 Å². The Morgan fingerprint density at radius 1 is 0.882 bits per heavy atom. The zero-order valence-corrected chi connectivity index (χ0v) is 12.3. The number of aliphatic hydroxyl groups is 1. The summed E-state index contributed by atoms with van der Waals surface area (Å²) in [6, 6.07) is 16.2. The largest absolute Gasteiger partial charge is 0.388 e. The predicted molar refractivity (Wildman–Crippen MR) is 78.3 cm³/mol. The van der Waals surface area contributed by atoms with Crippen LogP contribution in [0.4, 0.5) is 0 Å². The van der Waals surface area contributed by atoms with Crippen LogP contribution in [0.5, 0.6) is 0 Å². The second-order valence-electron chi connectivity index (χ2n) is 3.80. The number of hydrogen-bond acceptors (Lipinski definition) is 1. The fourth-order valence-corrected chi connectivity index (χ4v) is 2.27. The van der Waals surface area contributed by atoms with E-state index in [4.69, 9.17) is 0 Å². The van der Waals surface area contributed by atoms with Crippen LogP contribution in [0.15, 0.2) is 53.0 Å². The van der Waals surface area contributed by atoms with Crippen LogP contribution in [-0.2, 0) is 0 Å². The predicted octanol–water partition coefficient (Wildman–Crippen LogP) is 4.54. The van der Waals surface area contributed by atoms with Crippen LogP contribution in [-0.4, -0.2) is 10.4 Å². The monoisotopic (exact) mass is 354 g/mol. The van der Waals surface area contributed by atoms with E-state index in [1.165, 1.54) is 5.56 Å². The molecule has 2 aromatic carbocycles. The topological polar surface area (TPSA) is 20.2 Å². The molecule has 0 aliphatic rings. The lowest BCUT2D eigenvalue weighted by molar-refractivity contribution is 0.205. The van der Waals surface area contributed by atoms with Crippen molar-refractivity contribution in [2.24, 2.45) is 0 Å². The standard InChI is InChI=1S/C14H12Br2O/c15-9-14(17)12-3-1-10(2-4-12)11-5-7-13(16)8-6-11/h1-8,14,17H,9H2/t14-/m1/s1. The summed E-state index contributed by atoms with van der Waals surface area (Å²) in [6.45, 7) is 0. The van der Waals surface area contributed by atoms with Gasteiger partial charge in [-0.15, -0.1) is 0 Å². The minimum Gasteiger partial charge on any atom is -0.388 e. The molecule has 1 N–H and O–H groups in total. The molecule has 1 nitrogen and oxygen atoms in total. The van der Waals surface area contributed by atoms with Crippen molar-refractivity contribution in [3.63, 3.8) is 0 Å². The van der Waals surface area contributed by atoms with E-state index in [1.54, 1.807) is 0 Å². The first kappa shape index (κ1) is 12.8. The van der Waals surface area contributed by atoms with Crippen LogP contribution in [0.25, 0.3) is 11.1 Å². The molecule has 1 atom stereocenters. The second-order valence-corrected chi connectivity index (χ2v) is 5.36. The molecule has 0 aliphatic heterocycles. The average molecular weight is 356 g/mol. The lowest BCUT2D eigenvalue weighted by atomic mass is 10.0. The maximum absolute atomic E-state index is 9.67. The summed E-state index contributed by atoms with van der Waals surface area (Å²) >= 11 is 6.69. The highest BCUT2D eigenvalue weighted by Crippen LogP contribution is 2.24. The minimum atomic E-state index is -0.436. The molecule has 0 spiro atoms. The Bertz CT molecular complexity index is 477. The Morgan fingerprint density at radius 3 is 1.82 bits per heavy atom. The number of hydrogen-bond donors (Lipinski definition) is 1. The van der Waals surface area contributed by atoms with Crippen LogP contribution in [0.1, 0.15) is 11.7 Å². The molecule has 0 unspecified atom stereocenters. The third kappa shape index (κ3) is 3.18. The summed E-state index contributed by atoms with van der Waals surface area (Å²) in [7, 11) is 0. The molecular formula is C14H12Br2O. The Labute approximate surface area is 118 Å². The minimum absolute atomic E-state index is 0.436. The van der Waals surface area contributed by atoms with Crippen molar-refractivity contribution in [3.8, 4) is 11.1 Å². The van der Waals surface area contributed by atoms with E-state index in [0.717, 1.165) is 15.6 Å². The van der Waals surface area contributed by atoms with E-state index >= 15 is 0 Å². The molecule has 3 heteroatoms. The van der Waals surface area contributed by atoms with Crippen molar-refractivity contribution in [2.45, 2.75) is 6.10 Å². The lowest BCUT2D eigenvalue weighted by Gasteiger charge is -2.08. The normalized spacial score (nSPS) is 12.4. The zero-order chi connectivity index (χ0) is 12.3. The van der Waals surface area contributed by atoms with E-state index in [2.05, 4.69) is 44.0 Å². The highest BCUT2D eigenvalue weighted by molar-refractivity contribution is 9.10. The Balaban J connectivity index is 2.26.